The SMILES string of the molecule is COC(=O)C1=C(C[NH+]2C[C@H](C)C[C@@H](C)C2)NC(=O)N[C@H]1c1cccc(OC)c1. The molecule has 0 saturated carbocycles. The second kappa shape index (κ2) is 8.65. The zero-order valence-electron chi connectivity index (χ0n) is 17.0. The number of benzene rings is 1. The van der Waals surface area contributed by atoms with Gasteiger partial charge in [-0.1, -0.05) is 26.0 Å². The van der Waals surface area contributed by atoms with E-state index in [4.69, 9.17) is 9.47 Å². The molecule has 2 aliphatic rings. The lowest BCUT2D eigenvalue weighted by atomic mass is 9.91. The van der Waals surface area contributed by atoms with Gasteiger partial charge in [-0.15, -0.1) is 0 Å². The molecule has 28 heavy (non-hydrogen) atoms. The van der Waals surface area contributed by atoms with E-state index in [9.17, 15) is 9.59 Å². The van der Waals surface area contributed by atoms with Crippen LogP contribution >= 0.6 is 0 Å². The van der Waals surface area contributed by atoms with Crippen LogP contribution in [0.5, 0.6) is 5.75 Å². The maximum atomic E-state index is 12.7. The van der Waals surface area contributed by atoms with E-state index in [1.54, 1.807) is 7.11 Å². The van der Waals surface area contributed by atoms with Crippen molar-refractivity contribution in [3.63, 3.8) is 0 Å². The molecule has 0 unspecified atom stereocenters. The van der Waals surface area contributed by atoms with Crippen molar-refractivity contribution >= 4 is 12.0 Å². The van der Waals surface area contributed by atoms with E-state index in [1.165, 1.54) is 18.4 Å². The normalized spacial score (nSPS) is 27.6. The highest BCUT2D eigenvalue weighted by Crippen LogP contribution is 2.29. The predicted octanol–water partition coefficient (Wildman–Crippen LogP) is 1.04. The zero-order valence-corrected chi connectivity index (χ0v) is 17.0. The lowest BCUT2D eigenvalue weighted by Crippen LogP contribution is -3.14. The lowest BCUT2D eigenvalue weighted by molar-refractivity contribution is -0.907. The molecule has 1 aromatic carbocycles. The highest BCUT2D eigenvalue weighted by molar-refractivity contribution is 5.95. The molecule has 2 heterocycles. The number of amides is 2. The van der Waals surface area contributed by atoms with Gasteiger partial charge in [-0.2, -0.15) is 0 Å². The monoisotopic (exact) mass is 388 g/mol. The number of carbonyl (C=O) groups excluding carboxylic acids is 2. The van der Waals surface area contributed by atoms with Crippen molar-refractivity contribution in [1.82, 2.24) is 10.6 Å². The van der Waals surface area contributed by atoms with Crippen molar-refractivity contribution in [2.24, 2.45) is 11.8 Å². The van der Waals surface area contributed by atoms with E-state index in [0.717, 1.165) is 18.7 Å². The highest BCUT2D eigenvalue weighted by Gasteiger charge is 2.36. The average molecular weight is 388 g/mol. The number of methoxy groups -OCH3 is 2. The number of urea groups is 1. The first-order valence-electron chi connectivity index (χ1n) is 9.77. The van der Waals surface area contributed by atoms with Crippen LogP contribution in [0.15, 0.2) is 35.5 Å². The van der Waals surface area contributed by atoms with E-state index in [1.807, 2.05) is 24.3 Å². The van der Waals surface area contributed by atoms with Crippen molar-refractivity contribution < 1.29 is 24.0 Å². The van der Waals surface area contributed by atoms with Crippen LogP contribution < -0.4 is 20.3 Å². The quantitative estimate of drug-likeness (QED) is 0.659. The summed E-state index contributed by atoms with van der Waals surface area (Å²) in [6, 6.07) is 6.48. The molecule has 1 aromatic rings. The molecule has 0 radical (unpaired) electrons. The fourth-order valence-corrected chi connectivity index (χ4v) is 4.50. The molecule has 0 aliphatic carbocycles. The number of hydrogen-bond acceptors (Lipinski definition) is 4. The Morgan fingerprint density at radius 2 is 1.93 bits per heavy atom. The fourth-order valence-electron chi connectivity index (χ4n) is 4.50. The van der Waals surface area contributed by atoms with Gasteiger partial charge in [0.2, 0.25) is 0 Å². The Bertz CT molecular complexity index is 767. The Balaban J connectivity index is 1.97. The molecule has 2 amide bonds. The van der Waals surface area contributed by atoms with Crippen molar-refractivity contribution in [1.29, 1.82) is 0 Å². The average Bonchev–Trinajstić information content (AvgIpc) is 2.66. The third-order valence-corrected chi connectivity index (χ3v) is 5.49. The summed E-state index contributed by atoms with van der Waals surface area (Å²) in [6.07, 6.45) is 1.22. The Hall–Kier alpha value is -2.54. The second-order valence-electron chi connectivity index (χ2n) is 7.97. The number of ether oxygens (including phenoxy) is 2. The van der Waals surface area contributed by atoms with Crippen molar-refractivity contribution in [2.45, 2.75) is 26.3 Å². The van der Waals surface area contributed by atoms with Crippen LogP contribution in [0.1, 0.15) is 31.9 Å². The number of piperidine rings is 1. The van der Waals surface area contributed by atoms with E-state index in [0.29, 0.717) is 35.4 Å². The van der Waals surface area contributed by atoms with Crippen LogP contribution in [0, 0.1) is 11.8 Å². The van der Waals surface area contributed by atoms with Crippen molar-refractivity contribution in [3.05, 3.63) is 41.1 Å². The summed E-state index contributed by atoms with van der Waals surface area (Å²) in [4.78, 5) is 26.4. The van der Waals surface area contributed by atoms with Crippen LogP contribution in [0.2, 0.25) is 0 Å². The first-order valence-corrected chi connectivity index (χ1v) is 9.77. The molecule has 1 saturated heterocycles. The van der Waals surface area contributed by atoms with Gasteiger partial charge < -0.3 is 25.0 Å². The first-order chi connectivity index (χ1) is 13.4. The number of quaternary nitrogens is 1. The summed E-state index contributed by atoms with van der Waals surface area (Å²) in [7, 11) is 2.95. The molecule has 3 rings (SSSR count). The Labute approximate surface area is 166 Å². The highest BCUT2D eigenvalue weighted by atomic mass is 16.5. The van der Waals surface area contributed by atoms with Gasteiger partial charge in [0.25, 0.3) is 0 Å². The van der Waals surface area contributed by atoms with Gasteiger partial charge in [0, 0.05) is 11.8 Å². The van der Waals surface area contributed by atoms with Gasteiger partial charge in [-0.25, -0.2) is 9.59 Å². The number of esters is 1. The van der Waals surface area contributed by atoms with Crippen LogP contribution in [0.25, 0.3) is 0 Å². The number of hydrogen-bond donors (Lipinski definition) is 3. The maximum Gasteiger partial charge on any atom is 0.338 e. The molecule has 0 bridgehead atoms. The number of rotatable bonds is 5. The summed E-state index contributed by atoms with van der Waals surface area (Å²) in [5.74, 6) is 1.47. The smallest absolute Gasteiger partial charge is 0.338 e. The fraction of sp³-hybridized carbons (Fsp3) is 0.524. The molecule has 1 fully saturated rings. The van der Waals surface area contributed by atoms with E-state index < -0.39 is 12.0 Å². The van der Waals surface area contributed by atoms with Crippen LogP contribution in [-0.4, -0.2) is 45.9 Å². The number of likely N-dealkylation sites (tertiary alicyclic amines) is 1. The molecular formula is C21H30N3O4+. The summed E-state index contributed by atoms with van der Waals surface area (Å²) >= 11 is 0. The zero-order chi connectivity index (χ0) is 20.3. The Morgan fingerprint density at radius 1 is 1.21 bits per heavy atom. The summed E-state index contributed by atoms with van der Waals surface area (Å²) in [6.45, 7) is 7.15. The molecule has 7 heteroatoms. The minimum absolute atomic E-state index is 0.312. The number of nitrogens with one attached hydrogen (secondary N) is 3. The van der Waals surface area contributed by atoms with E-state index in [-0.39, 0.29) is 6.03 Å². The third kappa shape index (κ3) is 4.47. The van der Waals surface area contributed by atoms with Gasteiger partial charge in [0.1, 0.15) is 12.3 Å². The maximum absolute atomic E-state index is 12.7. The second-order valence-corrected chi connectivity index (χ2v) is 7.97. The molecule has 3 atom stereocenters. The number of carbonyl (C=O) groups is 2. The summed E-state index contributed by atoms with van der Waals surface area (Å²) in [5, 5.41) is 5.72. The van der Waals surface area contributed by atoms with Crippen molar-refractivity contribution in [2.75, 3.05) is 33.9 Å². The van der Waals surface area contributed by atoms with E-state index in [2.05, 4.69) is 24.5 Å². The minimum atomic E-state index is -0.578. The molecule has 152 valence electrons. The Morgan fingerprint density at radius 3 is 2.57 bits per heavy atom. The molecule has 0 aromatic heterocycles. The van der Waals surface area contributed by atoms with Gasteiger partial charge in [0.15, 0.2) is 0 Å². The molecule has 0 spiro atoms. The van der Waals surface area contributed by atoms with Crippen LogP contribution in [-0.2, 0) is 9.53 Å². The van der Waals surface area contributed by atoms with E-state index >= 15 is 0 Å². The predicted molar refractivity (Wildman–Crippen MR) is 105 cm³/mol. The van der Waals surface area contributed by atoms with Gasteiger partial charge >= 0.3 is 12.0 Å². The molecular weight excluding hydrogens is 358 g/mol. The van der Waals surface area contributed by atoms with Crippen LogP contribution in [0.4, 0.5) is 4.79 Å². The minimum Gasteiger partial charge on any atom is -0.497 e. The van der Waals surface area contributed by atoms with Crippen molar-refractivity contribution in [3.8, 4) is 5.75 Å². The summed E-state index contributed by atoms with van der Waals surface area (Å²) in [5.41, 5.74) is 1.87. The largest absolute Gasteiger partial charge is 0.497 e. The standard InChI is InChI=1S/C21H29N3O4/c1-13-8-14(2)11-24(10-13)12-17-18(20(25)28-4)19(23-21(26)22-17)15-6-5-7-16(9-15)27-3/h5-7,9,13-14,19H,8,10-12H2,1-4H3,(H2,22,23,26)/p+1/t13-,14-,19+/m1/s1. The summed E-state index contributed by atoms with van der Waals surface area (Å²) < 4.78 is 10.4. The third-order valence-electron chi connectivity index (χ3n) is 5.49. The van der Waals surface area contributed by atoms with Crippen LogP contribution in [0.3, 0.4) is 0 Å². The lowest BCUT2D eigenvalue weighted by Gasteiger charge is -2.35. The topological polar surface area (TPSA) is 81.1 Å². The molecule has 2 aliphatic heterocycles. The first kappa shape index (κ1) is 20.2. The van der Waals surface area contributed by atoms with Gasteiger partial charge in [0.05, 0.1) is 44.6 Å². The van der Waals surface area contributed by atoms with Gasteiger partial charge in [-0.05, 0) is 24.1 Å². The molecule has 3 N–H and O–H groups in total. The van der Waals surface area contributed by atoms with Gasteiger partial charge in [-0.3, -0.25) is 0 Å². The Kier molecular flexibility index (Phi) is 6.24. The molecule has 7 nitrogen and oxygen atoms in total.